The second kappa shape index (κ2) is 2.86. The molecule has 2 aromatic rings. The number of nitrogens with zero attached hydrogens (tertiary/aromatic N) is 4. The minimum absolute atomic E-state index is 0.157. The van der Waals surface area contributed by atoms with Crippen LogP contribution in [0, 0.1) is 0 Å². The van der Waals surface area contributed by atoms with Crippen LogP contribution in [0.2, 0.25) is 0 Å². The number of hydrogen-bond acceptors (Lipinski definition) is 3. The smallest absolute Gasteiger partial charge is 0.163 e. The fourth-order valence-electron chi connectivity index (χ4n) is 1.08. The summed E-state index contributed by atoms with van der Waals surface area (Å²) in [5, 5.41) is 10.3. The van der Waals surface area contributed by atoms with E-state index in [1.54, 1.807) is 17.1 Å². The van der Waals surface area contributed by atoms with E-state index in [-0.39, 0.29) is 6.61 Å². The van der Waals surface area contributed by atoms with Crippen molar-refractivity contribution in [2.45, 2.75) is 6.54 Å². The first kappa shape index (κ1) is 7.17. The zero-order valence-corrected chi connectivity index (χ0v) is 6.34. The molecule has 0 unspecified atom stereocenters. The summed E-state index contributed by atoms with van der Waals surface area (Å²) in [6.07, 6.45) is 4.69. The molecule has 0 saturated carbocycles. The molecule has 0 aromatic carbocycles. The monoisotopic (exact) mass is 163 g/mol. The molecule has 0 amide bonds. The van der Waals surface area contributed by atoms with Gasteiger partial charge in [-0.2, -0.15) is 0 Å². The SMILES string of the molecule is [O]CCn1cnc2cncnc21. The Morgan fingerprint density at radius 1 is 1.42 bits per heavy atom. The summed E-state index contributed by atoms with van der Waals surface area (Å²) in [4.78, 5) is 11.9. The highest BCUT2D eigenvalue weighted by atomic mass is 16.3. The van der Waals surface area contributed by atoms with E-state index in [1.165, 1.54) is 6.33 Å². The van der Waals surface area contributed by atoms with Crippen molar-refractivity contribution in [3.8, 4) is 0 Å². The molecule has 2 aromatic heterocycles. The molecule has 0 atom stereocenters. The van der Waals surface area contributed by atoms with E-state index in [9.17, 15) is 5.11 Å². The van der Waals surface area contributed by atoms with Gasteiger partial charge < -0.3 is 4.57 Å². The van der Waals surface area contributed by atoms with Gasteiger partial charge in [-0.15, -0.1) is 0 Å². The summed E-state index contributed by atoms with van der Waals surface area (Å²) < 4.78 is 1.73. The first-order valence-electron chi connectivity index (χ1n) is 3.61. The Bertz CT molecular complexity index is 384. The van der Waals surface area contributed by atoms with E-state index < -0.39 is 0 Å². The van der Waals surface area contributed by atoms with Gasteiger partial charge in [-0.25, -0.2) is 20.1 Å². The van der Waals surface area contributed by atoms with Crippen LogP contribution in [0.1, 0.15) is 0 Å². The maximum absolute atomic E-state index is 10.3. The molecule has 0 bridgehead atoms. The van der Waals surface area contributed by atoms with Crippen LogP contribution in [0.5, 0.6) is 0 Å². The summed E-state index contributed by atoms with van der Waals surface area (Å²) in [5.74, 6) is 0. The molecule has 2 heterocycles. The zero-order valence-electron chi connectivity index (χ0n) is 6.34. The Hall–Kier alpha value is -1.49. The van der Waals surface area contributed by atoms with Crippen LogP contribution >= 0.6 is 0 Å². The molecule has 1 radical (unpaired) electrons. The lowest BCUT2D eigenvalue weighted by atomic mass is 10.5. The average Bonchev–Trinajstić information content (AvgIpc) is 2.50. The quantitative estimate of drug-likeness (QED) is 0.637. The van der Waals surface area contributed by atoms with Gasteiger partial charge in [0, 0.05) is 0 Å². The minimum atomic E-state index is -0.157. The summed E-state index contributed by atoms with van der Waals surface area (Å²) in [7, 11) is 0. The van der Waals surface area contributed by atoms with E-state index in [2.05, 4.69) is 15.0 Å². The van der Waals surface area contributed by atoms with Gasteiger partial charge in [-0.3, -0.25) is 0 Å². The lowest BCUT2D eigenvalue weighted by Crippen LogP contribution is -2.00. The third-order valence-corrected chi connectivity index (χ3v) is 1.61. The van der Waals surface area contributed by atoms with Crippen molar-refractivity contribution < 1.29 is 5.11 Å². The maximum atomic E-state index is 10.3. The van der Waals surface area contributed by atoms with Crippen LogP contribution < -0.4 is 0 Å². The third-order valence-electron chi connectivity index (χ3n) is 1.61. The molecule has 0 aliphatic rings. The van der Waals surface area contributed by atoms with Crippen molar-refractivity contribution >= 4 is 11.2 Å². The van der Waals surface area contributed by atoms with Gasteiger partial charge in [0.05, 0.1) is 19.1 Å². The van der Waals surface area contributed by atoms with Gasteiger partial charge >= 0.3 is 0 Å². The predicted molar refractivity (Wildman–Crippen MR) is 40.9 cm³/mol. The Morgan fingerprint density at radius 3 is 3.17 bits per heavy atom. The highest BCUT2D eigenvalue weighted by Gasteiger charge is 2.01. The minimum Gasteiger partial charge on any atom is -0.313 e. The standard InChI is InChI=1S/C7H7N4O/c12-2-1-11-5-10-6-3-8-4-9-7(6)11/h3-5H,1-2H2. The van der Waals surface area contributed by atoms with E-state index >= 15 is 0 Å². The largest absolute Gasteiger partial charge is 0.313 e. The van der Waals surface area contributed by atoms with Crippen LogP contribution in [0.4, 0.5) is 0 Å². The zero-order chi connectivity index (χ0) is 8.39. The van der Waals surface area contributed by atoms with Crippen molar-refractivity contribution in [3.63, 3.8) is 0 Å². The highest BCUT2D eigenvalue weighted by Crippen LogP contribution is 2.05. The molecule has 0 fully saturated rings. The summed E-state index contributed by atoms with van der Waals surface area (Å²) in [5.41, 5.74) is 1.45. The van der Waals surface area contributed by atoms with Crippen molar-refractivity contribution in [2.24, 2.45) is 0 Å². The molecule has 0 saturated heterocycles. The lowest BCUT2D eigenvalue weighted by molar-refractivity contribution is 0.181. The Kier molecular flexibility index (Phi) is 1.71. The third kappa shape index (κ3) is 1.04. The van der Waals surface area contributed by atoms with E-state index in [1.807, 2.05) is 0 Å². The fourth-order valence-corrected chi connectivity index (χ4v) is 1.08. The lowest BCUT2D eigenvalue weighted by Gasteiger charge is -1.96. The fraction of sp³-hybridized carbons (Fsp3) is 0.286. The van der Waals surface area contributed by atoms with E-state index in [4.69, 9.17) is 0 Å². The van der Waals surface area contributed by atoms with Gasteiger partial charge in [-0.1, -0.05) is 0 Å². The molecule has 0 N–H and O–H groups in total. The van der Waals surface area contributed by atoms with Gasteiger partial charge in [-0.05, 0) is 0 Å². The van der Waals surface area contributed by atoms with Crippen molar-refractivity contribution in [3.05, 3.63) is 18.9 Å². The van der Waals surface area contributed by atoms with Crippen LogP contribution in [0.3, 0.4) is 0 Å². The molecule has 12 heavy (non-hydrogen) atoms. The number of imidazole rings is 1. The normalized spacial score (nSPS) is 10.8. The second-order valence-electron chi connectivity index (χ2n) is 2.37. The van der Waals surface area contributed by atoms with Crippen LogP contribution in [-0.2, 0) is 11.7 Å². The molecule has 0 aliphatic carbocycles. The molecule has 5 nitrogen and oxygen atoms in total. The van der Waals surface area contributed by atoms with Crippen LogP contribution in [0.15, 0.2) is 18.9 Å². The van der Waals surface area contributed by atoms with Crippen LogP contribution in [-0.4, -0.2) is 26.1 Å². The first-order valence-corrected chi connectivity index (χ1v) is 3.61. The molecule has 2 rings (SSSR count). The van der Waals surface area contributed by atoms with Crippen molar-refractivity contribution in [2.75, 3.05) is 6.61 Å². The summed E-state index contributed by atoms with van der Waals surface area (Å²) in [6.45, 7) is 0.253. The Balaban J connectivity index is 2.55. The number of hydrogen-bond donors (Lipinski definition) is 0. The summed E-state index contributed by atoms with van der Waals surface area (Å²) >= 11 is 0. The number of rotatable bonds is 2. The van der Waals surface area contributed by atoms with E-state index in [0.717, 1.165) is 11.2 Å². The topological polar surface area (TPSA) is 63.5 Å². The maximum Gasteiger partial charge on any atom is 0.163 e. The molecule has 5 heteroatoms. The molecular weight excluding hydrogens is 156 g/mol. The molecule has 0 spiro atoms. The number of fused-ring (bicyclic) bond motifs is 1. The van der Waals surface area contributed by atoms with E-state index in [0.29, 0.717) is 6.54 Å². The highest BCUT2D eigenvalue weighted by molar-refractivity contribution is 5.68. The second-order valence-corrected chi connectivity index (χ2v) is 2.37. The van der Waals surface area contributed by atoms with Crippen molar-refractivity contribution in [1.82, 2.24) is 19.5 Å². The van der Waals surface area contributed by atoms with Gasteiger partial charge in [0.1, 0.15) is 18.5 Å². The molecule has 61 valence electrons. The van der Waals surface area contributed by atoms with Crippen LogP contribution in [0.25, 0.3) is 11.2 Å². The van der Waals surface area contributed by atoms with Gasteiger partial charge in [0.2, 0.25) is 0 Å². The molecule has 0 aliphatic heterocycles. The van der Waals surface area contributed by atoms with Crippen molar-refractivity contribution in [1.29, 1.82) is 0 Å². The average molecular weight is 163 g/mol. The summed E-state index contributed by atoms with van der Waals surface area (Å²) in [6, 6.07) is 0. The Labute approximate surface area is 68.7 Å². The van der Waals surface area contributed by atoms with Gasteiger partial charge in [0.15, 0.2) is 5.65 Å². The number of aromatic nitrogens is 4. The molecular formula is C7H7N4O. The predicted octanol–water partition coefficient (Wildman–Crippen LogP) is 0.257. The Morgan fingerprint density at radius 2 is 2.33 bits per heavy atom. The van der Waals surface area contributed by atoms with Gasteiger partial charge in [0.25, 0.3) is 0 Å². The first-order chi connectivity index (χ1) is 5.92.